The van der Waals surface area contributed by atoms with Gasteiger partial charge >= 0.3 is 5.97 Å². The summed E-state index contributed by atoms with van der Waals surface area (Å²) in [6, 6.07) is 0. The molecule has 0 aromatic rings. The van der Waals surface area contributed by atoms with Crippen LogP contribution in [0.4, 0.5) is 0 Å². The van der Waals surface area contributed by atoms with E-state index in [0.717, 1.165) is 0 Å². The molecule has 1 unspecified atom stereocenters. The fourth-order valence-corrected chi connectivity index (χ4v) is 1.24. The molecule has 0 saturated carbocycles. The molecule has 5 nitrogen and oxygen atoms in total. The van der Waals surface area contributed by atoms with E-state index in [1.165, 1.54) is 0 Å². The number of rotatable bonds is 9. The number of aliphatic hydroxyl groups is 1. The molecule has 0 fully saturated rings. The largest absolute Gasteiger partial charge is 0.463 e. The number of esters is 1. The molecule has 16 heavy (non-hydrogen) atoms. The first-order valence-electron chi connectivity index (χ1n) is 5.55. The average Bonchev–Trinajstić information content (AvgIpc) is 2.29. The molecule has 0 amide bonds. The summed E-state index contributed by atoms with van der Waals surface area (Å²) in [5.41, 5.74) is 0. The third-order valence-electron chi connectivity index (χ3n) is 2.14. The van der Waals surface area contributed by atoms with Gasteiger partial charge in [0, 0.05) is 6.42 Å². The first-order valence-corrected chi connectivity index (χ1v) is 5.55. The maximum atomic E-state index is 11.5. The second-order valence-electron chi connectivity index (χ2n) is 3.28. The van der Waals surface area contributed by atoms with Gasteiger partial charge in [-0.3, -0.25) is 9.59 Å². The summed E-state index contributed by atoms with van der Waals surface area (Å²) in [5.74, 6) is -1.23. The van der Waals surface area contributed by atoms with Crippen LogP contribution in [0.15, 0.2) is 0 Å². The summed E-state index contributed by atoms with van der Waals surface area (Å²) >= 11 is 0. The normalized spacial score (nSPS) is 12.2. The Hall–Kier alpha value is -0.940. The average molecular weight is 232 g/mol. The number of hydrogen-bond acceptors (Lipinski definition) is 5. The van der Waals surface area contributed by atoms with E-state index in [9.17, 15) is 9.59 Å². The molecule has 0 aromatic heterocycles. The Balaban J connectivity index is 3.80. The molecule has 0 heterocycles. The summed E-state index contributed by atoms with van der Waals surface area (Å²) < 4.78 is 9.82. The summed E-state index contributed by atoms with van der Waals surface area (Å²) in [7, 11) is 0. The summed E-state index contributed by atoms with van der Waals surface area (Å²) in [6.45, 7) is 4.03. The second-order valence-corrected chi connectivity index (χ2v) is 3.28. The van der Waals surface area contributed by atoms with Gasteiger partial charge in [-0.1, -0.05) is 13.8 Å². The molecule has 0 spiro atoms. The topological polar surface area (TPSA) is 72.8 Å². The third-order valence-corrected chi connectivity index (χ3v) is 2.14. The van der Waals surface area contributed by atoms with Crippen molar-refractivity contribution in [1.82, 2.24) is 0 Å². The predicted molar refractivity (Wildman–Crippen MR) is 57.9 cm³/mol. The highest BCUT2D eigenvalue weighted by Crippen LogP contribution is 2.09. The van der Waals surface area contributed by atoms with Crippen molar-refractivity contribution < 1.29 is 24.2 Å². The van der Waals surface area contributed by atoms with Gasteiger partial charge < -0.3 is 14.6 Å². The minimum atomic E-state index is -0.650. The molecule has 0 aliphatic heterocycles. The maximum Gasteiger partial charge on any atom is 0.316 e. The standard InChI is InChI=1S/C11H20O5/c1-3-9(10(13)4-2)11(14)16-8-7-15-6-5-12/h9,12H,3-8H2,1-2H3. The molecule has 1 N–H and O–H groups in total. The lowest BCUT2D eigenvalue weighted by molar-refractivity contribution is -0.153. The lowest BCUT2D eigenvalue weighted by Crippen LogP contribution is -2.26. The van der Waals surface area contributed by atoms with Crippen molar-refractivity contribution in [3.05, 3.63) is 0 Å². The third kappa shape index (κ3) is 5.82. The number of carbonyl (C=O) groups is 2. The van der Waals surface area contributed by atoms with E-state index in [4.69, 9.17) is 14.6 Å². The summed E-state index contributed by atoms with van der Waals surface area (Å²) in [5, 5.41) is 8.43. The Morgan fingerprint density at radius 3 is 2.38 bits per heavy atom. The van der Waals surface area contributed by atoms with Gasteiger partial charge in [0.25, 0.3) is 0 Å². The molecule has 0 aliphatic carbocycles. The maximum absolute atomic E-state index is 11.5. The second kappa shape index (κ2) is 9.30. The van der Waals surface area contributed by atoms with E-state index in [0.29, 0.717) is 12.8 Å². The molecular weight excluding hydrogens is 212 g/mol. The highest BCUT2D eigenvalue weighted by Gasteiger charge is 2.24. The Kier molecular flexibility index (Phi) is 8.75. The van der Waals surface area contributed by atoms with Gasteiger partial charge in [-0.25, -0.2) is 0 Å². The van der Waals surface area contributed by atoms with E-state index >= 15 is 0 Å². The van der Waals surface area contributed by atoms with Crippen LogP contribution in [-0.2, 0) is 19.1 Å². The van der Waals surface area contributed by atoms with E-state index in [-0.39, 0.29) is 32.2 Å². The van der Waals surface area contributed by atoms with E-state index in [1.807, 2.05) is 0 Å². The van der Waals surface area contributed by atoms with E-state index in [2.05, 4.69) is 0 Å². The number of ketones is 1. The van der Waals surface area contributed by atoms with Crippen LogP contribution in [0.5, 0.6) is 0 Å². The molecule has 0 saturated heterocycles. The number of ether oxygens (including phenoxy) is 2. The quantitative estimate of drug-likeness (QED) is 0.357. The van der Waals surface area contributed by atoms with E-state index < -0.39 is 11.9 Å². The number of carbonyl (C=O) groups excluding carboxylic acids is 2. The first-order chi connectivity index (χ1) is 7.67. The fourth-order valence-electron chi connectivity index (χ4n) is 1.24. The Bertz CT molecular complexity index is 214. The van der Waals surface area contributed by atoms with Crippen molar-refractivity contribution in [2.24, 2.45) is 5.92 Å². The van der Waals surface area contributed by atoms with Crippen molar-refractivity contribution in [3.63, 3.8) is 0 Å². The molecule has 0 aliphatic rings. The minimum absolute atomic E-state index is 0.0557. The number of Topliss-reactive ketones (excluding diaryl/α,β-unsaturated/α-hetero) is 1. The monoisotopic (exact) mass is 232 g/mol. The van der Waals surface area contributed by atoms with Crippen LogP contribution in [0.2, 0.25) is 0 Å². The zero-order chi connectivity index (χ0) is 12.4. The van der Waals surface area contributed by atoms with Crippen LogP contribution in [0, 0.1) is 5.92 Å². The summed E-state index contributed by atoms with van der Waals surface area (Å²) in [4.78, 5) is 22.8. The highest BCUT2D eigenvalue weighted by atomic mass is 16.6. The van der Waals surface area contributed by atoms with Crippen LogP contribution in [0.3, 0.4) is 0 Å². The van der Waals surface area contributed by atoms with Crippen molar-refractivity contribution in [1.29, 1.82) is 0 Å². The molecule has 0 radical (unpaired) electrons. The number of aliphatic hydroxyl groups excluding tert-OH is 1. The SMILES string of the molecule is CCC(=O)C(CC)C(=O)OCCOCCO. The van der Waals surface area contributed by atoms with Crippen molar-refractivity contribution >= 4 is 11.8 Å². The summed E-state index contributed by atoms with van der Waals surface area (Å²) in [6.07, 6.45) is 0.803. The van der Waals surface area contributed by atoms with Crippen LogP contribution in [0.25, 0.3) is 0 Å². The molecule has 1 atom stereocenters. The molecule has 0 aromatic carbocycles. The van der Waals surface area contributed by atoms with Crippen LogP contribution in [0.1, 0.15) is 26.7 Å². The van der Waals surface area contributed by atoms with E-state index in [1.54, 1.807) is 13.8 Å². The predicted octanol–water partition coefficient (Wildman–Crippen LogP) is 0.544. The van der Waals surface area contributed by atoms with Gasteiger partial charge in [0.05, 0.1) is 19.8 Å². The lowest BCUT2D eigenvalue weighted by atomic mass is 10.00. The minimum Gasteiger partial charge on any atom is -0.463 e. The van der Waals surface area contributed by atoms with Crippen LogP contribution < -0.4 is 0 Å². The van der Waals surface area contributed by atoms with Gasteiger partial charge in [0.15, 0.2) is 0 Å². The van der Waals surface area contributed by atoms with Gasteiger partial charge in [-0.05, 0) is 6.42 Å². The van der Waals surface area contributed by atoms with Gasteiger partial charge in [0.2, 0.25) is 0 Å². The lowest BCUT2D eigenvalue weighted by Gasteiger charge is -2.12. The molecule has 0 bridgehead atoms. The van der Waals surface area contributed by atoms with Gasteiger partial charge in [-0.2, -0.15) is 0 Å². The van der Waals surface area contributed by atoms with Crippen LogP contribution >= 0.6 is 0 Å². The zero-order valence-electron chi connectivity index (χ0n) is 9.90. The van der Waals surface area contributed by atoms with Crippen molar-refractivity contribution in [3.8, 4) is 0 Å². The zero-order valence-corrected chi connectivity index (χ0v) is 9.90. The molecule has 94 valence electrons. The Morgan fingerprint density at radius 1 is 1.19 bits per heavy atom. The molecule has 5 heteroatoms. The molecule has 0 rings (SSSR count). The first kappa shape index (κ1) is 15.1. The van der Waals surface area contributed by atoms with Crippen LogP contribution in [-0.4, -0.2) is 43.3 Å². The number of hydrogen-bond donors (Lipinski definition) is 1. The molecular formula is C11H20O5. The van der Waals surface area contributed by atoms with Crippen molar-refractivity contribution in [2.75, 3.05) is 26.4 Å². The van der Waals surface area contributed by atoms with Gasteiger partial charge in [0.1, 0.15) is 18.3 Å². The Morgan fingerprint density at radius 2 is 1.88 bits per heavy atom. The Labute approximate surface area is 95.7 Å². The smallest absolute Gasteiger partial charge is 0.316 e. The highest BCUT2D eigenvalue weighted by molar-refractivity contribution is 5.98. The van der Waals surface area contributed by atoms with Gasteiger partial charge in [-0.15, -0.1) is 0 Å². The fraction of sp³-hybridized carbons (Fsp3) is 0.818. The van der Waals surface area contributed by atoms with Crippen molar-refractivity contribution in [2.45, 2.75) is 26.7 Å².